The van der Waals surface area contributed by atoms with Crippen LogP contribution < -0.4 is 0 Å². The first kappa shape index (κ1) is 16.9. The quantitative estimate of drug-likeness (QED) is 0.355. The first-order valence-electron chi connectivity index (χ1n) is 7.01. The van der Waals surface area contributed by atoms with Gasteiger partial charge in [-0.3, -0.25) is 4.90 Å². The van der Waals surface area contributed by atoms with Gasteiger partial charge in [0, 0.05) is 13.1 Å². The highest BCUT2D eigenvalue weighted by atomic mass is 15.1. The molecule has 0 aliphatic carbocycles. The lowest BCUT2D eigenvalue weighted by Crippen LogP contribution is -2.17. The molecule has 0 atom stereocenters. The predicted molar refractivity (Wildman–Crippen MR) is 83.9 cm³/mol. The lowest BCUT2D eigenvalue weighted by atomic mass is 10.2. The summed E-state index contributed by atoms with van der Waals surface area (Å²) in [7, 11) is 2.15. The molecule has 18 heavy (non-hydrogen) atoms. The van der Waals surface area contributed by atoms with E-state index in [4.69, 9.17) is 0 Å². The predicted octanol–water partition coefficient (Wildman–Crippen LogP) is 4.74. The van der Waals surface area contributed by atoms with Crippen LogP contribution in [0.25, 0.3) is 0 Å². The number of hydrogen-bond donors (Lipinski definition) is 0. The first-order valence-corrected chi connectivity index (χ1v) is 7.01. The van der Waals surface area contributed by atoms with Crippen LogP contribution in [0, 0.1) is 0 Å². The average Bonchev–Trinajstić information content (AvgIpc) is 2.38. The summed E-state index contributed by atoms with van der Waals surface area (Å²) in [6.07, 6.45) is 20.0. The monoisotopic (exact) mass is 247 g/mol. The molecular formula is C17H29N. The Balaban J connectivity index is 3.43. The summed E-state index contributed by atoms with van der Waals surface area (Å²) in [5.41, 5.74) is 0. The van der Waals surface area contributed by atoms with Crippen LogP contribution in [0.15, 0.2) is 49.6 Å². The van der Waals surface area contributed by atoms with Crippen molar-refractivity contribution < 1.29 is 0 Å². The van der Waals surface area contributed by atoms with Gasteiger partial charge in [0.05, 0.1) is 0 Å². The maximum Gasteiger partial charge on any atom is 0.0163 e. The van der Waals surface area contributed by atoms with Crippen LogP contribution in [0.3, 0.4) is 0 Å². The third kappa shape index (κ3) is 13.0. The number of unbranched alkanes of at least 4 members (excludes halogenated alkanes) is 4. The van der Waals surface area contributed by atoms with Gasteiger partial charge in [0.1, 0.15) is 0 Å². The minimum Gasteiger partial charge on any atom is -0.299 e. The van der Waals surface area contributed by atoms with Crippen LogP contribution in [0.5, 0.6) is 0 Å². The summed E-state index contributed by atoms with van der Waals surface area (Å²) >= 11 is 0. The molecule has 0 amide bonds. The van der Waals surface area contributed by atoms with Gasteiger partial charge in [0.15, 0.2) is 0 Å². The Labute approximate surface area is 114 Å². The number of allylic oxidation sites excluding steroid dienone is 4. The minimum absolute atomic E-state index is 1.03. The molecule has 0 fully saturated rings. The van der Waals surface area contributed by atoms with Crippen LogP contribution in [-0.2, 0) is 0 Å². The zero-order valence-electron chi connectivity index (χ0n) is 12.0. The van der Waals surface area contributed by atoms with E-state index >= 15 is 0 Å². The Bertz CT molecular complexity index is 224. The molecule has 0 aliphatic rings. The van der Waals surface area contributed by atoms with Crippen molar-refractivity contribution in [1.82, 2.24) is 4.90 Å². The molecule has 0 aromatic heterocycles. The van der Waals surface area contributed by atoms with Crippen molar-refractivity contribution in [1.29, 1.82) is 0 Å². The summed E-state index contributed by atoms with van der Waals surface area (Å²) in [5.74, 6) is 0. The molecule has 0 radical (unpaired) electrons. The van der Waals surface area contributed by atoms with Gasteiger partial charge in [-0.1, -0.05) is 36.5 Å². The molecular weight excluding hydrogens is 218 g/mol. The van der Waals surface area contributed by atoms with Crippen LogP contribution in [-0.4, -0.2) is 25.0 Å². The lowest BCUT2D eigenvalue weighted by molar-refractivity contribution is 0.411. The van der Waals surface area contributed by atoms with Crippen LogP contribution >= 0.6 is 0 Å². The Morgan fingerprint density at radius 1 is 0.722 bits per heavy atom. The fraction of sp³-hybridized carbons (Fsp3) is 0.529. The van der Waals surface area contributed by atoms with E-state index in [0.29, 0.717) is 0 Å². The van der Waals surface area contributed by atoms with E-state index < -0.39 is 0 Å². The Morgan fingerprint density at radius 2 is 1.17 bits per heavy atom. The van der Waals surface area contributed by atoms with Crippen molar-refractivity contribution in [2.24, 2.45) is 0 Å². The second-order valence-corrected chi connectivity index (χ2v) is 4.60. The number of hydrogen-bond acceptors (Lipinski definition) is 1. The van der Waals surface area contributed by atoms with Gasteiger partial charge in [-0.15, -0.1) is 13.2 Å². The molecule has 0 spiro atoms. The van der Waals surface area contributed by atoms with Gasteiger partial charge < -0.3 is 0 Å². The molecule has 1 nitrogen and oxygen atoms in total. The fourth-order valence-corrected chi connectivity index (χ4v) is 1.58. The van der Waals surface area contributed by atoms with Crippen molar-refractivity contribution >= 4 is 0 Å². The summed E-state index contributed by atoms with van der Waals surface area (Å²) in [4.78, 5) is 2.31. The van der Waals surface area contributed by atoms with Gasteiger partial charge in [-0.2, -0.15) is 0 Å². The van der Waals surface area contributed by atoms with Crippen LogP contribution in [0.1, 0.15) is 38.5 Å². The van der Waals surface area contributed by atoms with Crippen LogP contribution in [0.4, 0.5) is 0 Å². The van der Waals surface area contributed by atoms with Gasteiger partial charge in [-0.05, 0) is 45.6 Å². The fourth-order valence-electron chi connectivity index (χ4n) is 1.58. The minimum atomic E-state index is 1.03. The van der Waals surface area contributed by atoms with Crippen molar-refractivity contribution in [3.63, 3.8) is 0 Å². The van der Waals surface area contributed by atoms with E-state index in [1.54, 1.807) is 0 Å². The molecule has 0 saturated heterocycles. The summed E-state index contributed by atoms with van der Waals surface area (Å²) in [5, 5.41) is 0. The zero-order valence-corrected chi connectivity index (χ0v) is 12.0. The molecule has 102 valence electrons. The standard InChI is InChI=1S/C17H29N/c1-4-6-8-10-12-14-16-18(3)17-15-13-11-9-7-5-2/h4-5,12-15H,1-2,6-11,16-17H2,3H3/b14-12+,15-13+. The second kappa shape index (κ2) is 14.0. The Kier molecular flexibility index (Phi) is 13.1. The van der Waals surface area contributed by atoms with E-state index in [1.165, 1.54) is 12.8 Å². The molecule has 1 heteroatoms. The zero-order chi connectivity index (χ0) is 13.5. The Hall–Kier alpha value is -1.08. The van der Waals surface area contributed by atoms with Crippen molar-refractivity contribution in [2.75, 3.05) is 20.1 Å². The highest BCUT2D eigenvalue weighted by molar-refractivity contribution is 4.89. The molecule has 0 aromatic rings. The molecule has 0 unspecified atom stereocenters. The molecule has 0 rings (SSSR count). The summed E-state index contributed by atoms with van der Waals surface area (Å²) < 4.78 is 0. The van der Waals surface area contributed by atoms with Crippen molar-refractivity contribution in [3.05, 3.63) is 49.6 Å². The van der Waals surface area contributed by atoms with Crippen molar-refractivity contribution in [2.45, 2.75) is 38.5 Å². The third-order valence-corrected chi connectivity index (χ3v) is 2.73. The van der Waals surface area contributed by atoms with E-state index in [0.717, 1.165) is 38.8 Å². The summed E-state index contributed by atoms with van der Waals surface area (Å²) in [6.45, 7) is 9.51. The lowest BCUT2D eigenvalue weighted by Gasteiger charge is -2.10. The first-order chi connectivity index (χ1) is 8.81. The van der Waals surface area contributed by atoms with E-state index in [9.17, 15) is 0 Å². The highest BCUT2D eigenvalue weighted by Gasteiger charge is 1.90. The average molecular weight is 247 g/mol. The van der Waals surface area contributed by atoms with E-state index in [-0.39, 0.29) is 0 Å². The van der Waals surface area contributed by atoms with Gasteiger partial charge in [0.2, 0.25) is 0 Å². The number of nitrogens with zero attached hydrogens (tertiary/aromatic N) is 1. The third-order valence-electron chi connectivity index (χ3n) is 2.73. The topological polar surface area (TPSA) is 3.24 Å². The molecule has 0 heterocycles. The Morgan fingerprint density at radius 3 is 1.56 bits per heavy atom. The number of likely N-dealkylation sites (N-methyl/N-ethyl adjacent to an activating group) is 1. The molecule has 0 N–H and O–H groups in total. The van der Waals surface area contributed by atoms with Crippen molar-refractivity contribution in [3.8, 4) is 0 Å². The van der Waals surface area contributed by atoms with Gasteiger partial charge in [0.25, 0.3) is 0 Å². The smallest absolute Gasteiger partial charge is 0.0163 e. The SMILES string of the molecule is C=CCCC/C=C/CN(C)C/C=C/CCCC=C. The molecule has 0 aromatic carbocycles. The van der Waals surface area contributed by atoms with Gasteiger partial charge in [-0.25, -0.2) is 0 Å². The molecule has 0 bridgehead atoms. The molecule has 0 saturated carbocycles. The second-order valence-electron chi connectivity index (χ2n) is 4.60. The largest absolute Gasteiger partial charge is 0.299 e. The highest BCUT2D eigenvalue weighted by Crippen LogP contribution is 1.98. The summed E-state index contributed by atoms with van der Waals surface area (Å²) in [6, 6.07) is 0. The van der Waals surface area contributed by atoms with E-state index in [1.807, 2.05) is 12.2 Å². The van der Waals surface area contributed by atoms with Gasteiger partial charge >= 0.3 is 0 Å². The maximum atomic E-state index is 3.72. The van der Waals surface area contributed by atoms with Crippen LogP contribution in [0.2, 0.25) is 0 Å². The number of rotatable bonds is 12. The van der Waals surface area contributed by atoms with E-state index in [2.05, 4.69) is 49.4 Å². The normalized spacial score (nSPS) is 11.7. The maximum absolute atomic E-state index is 3.72. The molecule has 0 aliphatic heterocycles.